The SMILES string of the molecule is O=C(O)c1ccc(F)cc1N1C(=O)C2CC2C1=O. The number of halogens is 1. The lowest BCUT2D eigenvalue weighted by atomic mass is 10.1. The van der Waals surface area contributed by atoms with E-state index in [0.717, 1.165) is 23.1 Å². The highest BCUT2D eigenvalue weighted by Gasteiger charge is 2.59. The van der Waals surface area contributed by atoms with Crippen LogP contribution in [0.4, 0.5) is 10.1 Å². The number of carbonyl (C=O) groups is 3. The number of carboxylic acid groups (broad SMARTS) is 1. The lowest BCUT2D eigenvalue weighted by molar-refractivity contribution is -0.123. The molecule has 1 N–H and O–H groups in total. The molecule has 2 unspecified atom stereocenters. The molecule has 1 saturated heterocycles. The zero-order valence-electron chi connectivity index (χ0n) is 9.09. The number of amides is 2. The summed E-state index contributed by atoms with van der Waals surface area (Å²) in [6, 6.07) is 2.94. The smallest absolute Gasteiger partial charge is 0.337 e. The van der Waals surface area contributed by atoms with E-state index in [1.165, 1.54) is 0 Å². The van der Waals surface area contributed by atoms with Crippen LogP contribution in [0.1, 0.15) is 16.8 Å². The van der Waals surface area contributed by atoms with Crippen molar-refractivity contribution < 1.29 is 23.9 Å². The third-order valence-electron chi connectivity index (χ3n) is 3.30. The minimum absolute atomic E-state index is 0.176. The Labute approximate surface area is 101 Å². The zero-order chi connectivity index (χ0) is 13.0. The third kappa shape index (κ3) is 1.35. The second-order valence-electron chi connectivity index (χ2n) is 4.43. The van der Waals surface area contributed by atoms with Gasteiger partial charge in [-0.25, -0.2) is 14.1 Å². The summed E-state index contributed by atoms with van der Waals surface area (Å²) in [6.45, 7) is 0. The van der Waals surface area contributed by atoms with Gasteiger partial charge >= 0.3 is 5.97 Å². The van der Waals surface area contributed by atoms with Crippen LogP contribution in [0.5, 0.6) is 0 Å². The van der Waals surface area contributed by atoms with Crippen molar-refractivity contribution in [2.45, 2.75) is 6.42 Å². The minimum atomic E-state index is -1.30. The van der Waals surface area contributed by atoms with Gasteiger partial charge in [0.2, 0.25) is 11.8 Å². The molecule has 1 heterocycles. The molecule has 2 aliphatic rings. The van der Waals surface area contributed by atoms with E-state index in [1.807, 2.05) is 0 Å². The van der Waals surface area contributed by atoms with E-state index in [9.17, 15) is 18.8 Å². The molecular weight excluding hydrogens is 241 g/mol. The Balaban J connectivity index is 2.11. The van der Waals surface area contributed by atoms with E-state index >= 15 is 0 Å². The van der Waals surface area contributed by atoms with E-state index in [4.69, 9.17) is 5.11 Å². The Morgan fingerprint density at radius 3 is 2.44 bits per heavy atom. The monoisotopic (exact) mass is 249 g/mol. The molecule has 5 nitrogen and oxygen atoms in total. The summed E-state index contributed by atoms with van der Waals surface area (Å²) in [6.07, 6.45) is 0.520. The number of imide groups is 1. The van der Waals surface area contributed by atoms with Crippen LogP contribution in [0.3, 0.4) is 0 Å². The maximum Gasteiger partial charge on any atom is 0.337 e. The number of fused-ring (bicyclic) bond motifs is 1. The van der Waals surface area contributed by atoms with Crippen molar-refractivity contribution in [1.82, 2.24) is 0 Å². The number of rotatable bonds is 2. The van der Waals surface area contributed by atoms with Crippen LogP contribution in [0.15, 0.2) is 18.2 Å². The number of hydrogen-bond acceptors (Lipinski definition) is 3. The molecule has 1 aromatic rings. The molecule has 1 aliphatic heterocycles. The molecule has 2 amide bonds. The number of piperidine rings is 1. The molecule has 1 aliphatic carbocycles. The van der Waals surface area contributed by atoms with Gasteiger partial charge in [0.15, 0.2) is 0 Å². The van der Waals surface area contributed by atoms with E-state index < -0.39 is 23.6 Å². The normalized spacial score (nSPS) is 25.3. The van der Waals surface area contributed by atoms with Crippen LogP contribution < -0.4 is 4.90 Å². The van der Waals surface area contributed by atoms with Gasteiger partial charge in [0, 0.05) is 0 Å². The minimum Gasteiger partial charge on any atom is -0.478 e. The van der Waals surface area contributed by atoms with Crippen LogP contribution in [0.2, 0.25) is 0 Å². The molecule has 6 heteroatoms. The van der Waals surface area contributed by atoms with E-state index in [-0.39, 0.29) is 23.1 Å². The molecule has 2 fully saturated rings. The lowest BCUT2D eigenvalue weighted by Gasteiger charge is -2.18. The number of hydrogen-bond donors (Lipinski definition) is 1. The van der Waals surface area contributed by atoms with Gasteiger partial charge in [-0.1, -0.05) is 0 Å². The highest BCUT2D eigenvalue weighted by molar-refractivity contribution is 6.26. The maximum absolute atomic E-state index is 13.2. The van der Waals surface area contributed by atoms with Crippen LogP contribution in [0.25, 0.3) is 0 Å². The zero-order valence-corrected chi connectivity index (χ0v) is 9.09. The van der Waals surface area contributed by atoms with Crippen molar-refractivity contribution in [3.63, 3.8) is 0 Å². The molecule has 18 heavy (non-hydrogen) atoms. The molecule has 3 rings (SSSR count). The first-order valence-electron chi connectivity index (χ1n) is 5.41. The summed E-state index contributed by atoms with van der Waals surface area (Å²) >= 11 is 0. The molecule has 0 aromatic heterocycles. The largest absolute Gasteiger partial charge is 0.478 e. The van der Waals surface area contributed by atoms with Gasteiger partial charge in [-0.05, 0) is 24.6 Å². The van der Waals surface area contributed by atoms with E-state index in [1.54, 1.807) is 0 Å². The number of carboxylic acids is 1. The summed E-state index contributed by atoms with van der Waals surface area (Å²) in [5, 5.41) is 8.99. The highest BCUT2D eigenvalue weighted by atomic mass is 19.1. The highest BCUT2D eigenvalue weighted by Crippen LogP contribution is 2.48. The standard InChI is InChI=1S/C12H8FNO4/c13-5-1-2-6(12(17)18)9(3-5)14-10(15)7-4-8(7)11(14)16/h1-3,7-8H,4H2,(H,17,18). The average molecular weight is 249 g/mol. The van der Waals surface area contributed by atoms with Crippen LogP contribution in [0, 0.1) is 17.7 Å². The van der Waals surface area contributed by atoms with Crippen molar-refractivity contribution in [3.8, 4) is 0 Å². The lowest BCUT2D eigenvalue weighted by Crippen LogP contribution is -2.34. The van der Waals surface area contributed by atoms with Gasteiger partial charge in [-0.3, -0.25) is 9.59 Å². The second kappa shape index (κ2) is 3.38. The third-order valence-corrected chi connectivity index (χ3v) is 3.30. The fraction of sp³-hybridized carbons (Fsp3) is 0.250. The second-order valence-corrected chi connectivity index (χ2v) is 4.43. The van der Waals surface area contributed by atoms with Gasteiger partial charge in [0.25, 0.3) is 0 Å². The van der Waals surface area contributed by atoms with Crippen LogP contribution >= 0.6 is 0 Å². The van der Waals surface area contributed by atoms with Gasteiger partial charge in [0.05, 0.1) is 23.1 Å². The Hall–Kier alpha value is -2.24. The number of anilines is 1. The topological polar surface area (TPSA) is 74.7 Å². The summed E-state index contributed by atoms with van der Waals surface area (Å²) < 4.78 is 13.2. The number of benzene rings is 1. The summed E-state index contributed by atoms with van der Waals surface area (Å²) in [5.41, 5.74) is -0.427. The molecule has 2 atom stereocenters. The van der Waals surface area contributed by atoms with E-state index in [0.29, 0.717) is 6.42 Å². The van der Waals surface area contributed by atoms with Gasteiger partial charge < -0.3 is 5.11 Å². The Bertz CT molecular complexity index is 578. The molecule has 1 aromatic carbocycles. The Kier molecular flexibility index (Phi) is 2.04. The first kappa shape index (κ1) is 10.9. The average Bonchev–Trinajstić information content (AvgIpc) is 3.04. The Morgan fingerprint density at radius 2 is 1.89 bits per heavy atom. The van der Waals surface area contributed by atoms with Crippen LogP contribution in [-0.4, -0.2) is 22.9 Å². The predicted molar refractivity (Wildman–Crippen MR) is 57.4 cm³/mol. The first-order valence-corrected chi connectivity index (χ1v) is 5.41. The molecule has 0 radical (unpaired) electrons. The van der Waals surface area contributed by atoms with Gasteiger partial charge in [-0.2, -0.15) is 0 Å². The summed E-state index contributed by atoms with van der Waals surface area (Å²) in [4.78, 5) is 35.5. The maximum atomic E-state index is 13.2. The van der Waals surface area contributed by atoms with Crippen molar-refractivity contribution in [2.75, 3.05) is 4.90 Å². The van der Waals surface area contributed by atoms with Gasteiger partial charge in [-0.15, -0.1) is 0 Å². The molecule has 92 valence electrons. The number of aromatic carboxylic acids is 1. The fourth-order valence-electron chi connectivity index (χ4n) is 2.29. The predicted octanol–water partition coefficient (Wildman–Crippen LogP) is 1.03. The van der Waals surface area contributed by atoms with Crippen LogP contribution in [-0.2, 0) is 9.59 Å². The van der Waals surface area contributed by atoms with Crippen molar-refractivity contribution in [1.29, 1.82) is 0 Å². The molecule has 0 spiro atoms. The molecule has 1 saturated carbocycles. The fourth-order valence-corrected chi connectivity index (χ4v) is 2.29. The van der Waals surface area contributed by atoms with Gasteiger partial charge in [0.1, 0.15) is 5.82 Å². The first-order chi connectivity index (χ1) is 8.50. The summed E-state index contributed by atoms with van der Waals surface area (Å²) in [5.74, 6) is -3.54. The molecular formula is C12H8FNO4. The van der Waals surface area contributed by atoms with Crippen molar-refractivity contribution in [3.05, 3.63) is 29.6 Å². The molecule has 0 bridgehead atoms. The summed E-state index contributed by atoms with van der Waals surface area (Å²) in [7, 11) is 0. The number of nitrogens with zero attached hydrogens (tertiary/aromatic N) is 1. The Morgan fingerprint density at radius 1 is 1.28 bits per heavy atom. The quantitative estimate of drug-likeness (QED) is 0.794. The van der Waals surface area contributed by atoms with Crippen molar-refractivity contribution in [2.24, 2.45) is 11.8 Å². The van der Waals surface area contributed by atoms with E-state index in [2.05, 4.69) is 0 Å². The van der Waals surface area contributed by atoms with Crippen molar-refractivity contribution >= 4 is 23.5 Å². The number of carbonyl (C=O) groups excluding carboxylic acids is 2.